The van der Waals surface area contributed by atoms with Crippen molar-refractivity contribution in [2.45, 2.75) is 6.42 Å². The largest absolute Gasteiger partial charge is 0.493 e. The standard InChI is InChI=1S/C13H12BrClN2O2/c14-11(8-17-13(15)16)4-2-6-19-12-5-1-3-10(7-12)9-18/h1,3-5,7-9,16H,2,6H2/b11-4+,16-13?,17-8-. The maximum absolute atomic E-state index is 10.6. The first-order valence-electron chi connectivity index (χ1n) is 5.43. The first kappa shape index (κ1) is 15.6. The van der Waals surface area contributed by atoms with Crippen molar-refractivity contribution in [1.82, 2.24) is 0 Å². The van der Waals surface area contributed by atoms with Crippen molar-refractivity contribution in [1.29, 1.82) is 5.41 Å². The summed E-state index contributed by atoms with van der Waals surface area (Å²) < 4.78 is 6.21. The highest BCUT2D eigenvalue weighted by molar-refractivity contribution is 9.12. The third-order valence-electron chi connectivity index (χ3n) is 2.02. The normalized spacial score (nSPS) is 11.6. The number of carbonyl (C=O) groups is 1. The summed E-state index contributed by atoms with van der Waals surface area (Å²) in [6, 6.07) is 6.96. The first-order valence-corrected chi connectivity index (χ1v) is 6.60. The number of nitrogens with zero attached hydrogens (tertiary/aromatic N) is 1. The van der Waals surface area contributed by atoms with E-state index < -0.39 is 0 Å². The van der Waals surface area contributed by atoms with Gasteiger partial charge in [-0.2, -0.15) is 0 Å². The van der Waals surface area contributed by atoms with Crippen molar-refractivity contribution in [3.8, 4) is 5.75 Å². The van der Waals surface area contributed by atoms with Crippen molar-refractivity contribution in [2.75, 3.05) is 6.61 Å². The monoisotopic (exact) mass is 342 g/mol. The second kappa shape index (κ2) is 8.61. The van der Waals surface area contributed by atoms with Gasteiger partial charge in [0, 0.05) is 22.7 Å². The van der Waals surface area contributed by atoms with Crippen LogP contribution in [0.2, 0.25) is 0 Å². The van der Waals surface area contributed by atoms with Gasteiger partial charge in [-0.1, -0.05) is 18.2 Å². The molecule has 1 rings (SSSR count). The Balaban J connectivity index is 2.39. The molecule has 19 heavy (non-hydrogen) atoms. The smallest absolute Gasteiger partial charge is 0.214 e. The van der Waals surface area contributed by atoms with E-state index in [0.717, 1.165) is 10.8 Å². The number of carbonyl (C=O) groups excluding carboxylic acids is 1. The molecule has 100 valence electrons. The molecule has 0 unspecified atom stereocenters. The van der Waals surface area contributed by atoms with Crippen LogP contribution in [0.1, 0.15) is 16.8 Å². The van der Waals surface area contributed by atoms with Crippen LogP contribution in [0.5, 0.6) is 5.75 Å². The van der Waals surface area contributed by atoms with E-state index in [-0.39, 0.29) is 5.29 Å². The molecule has 0 atom stereocenters. The third-order valence-corrected chi connectivity index (χ3v) is 2.65. The molecule has 1 aromatic carbocycles. The van der Waals surface area contributed by atoms with Crippen molar-refractivity contribution < 1.29 is 9.53 Å². The second-order valence-electron chi connectivity index (χ2n) is 3.47. The van der Waals surface area contributed by atoms with Gasteiger partial charge >= 0.3 is 0 Å². The van der Waals surface area contributed by atoms with Crippen LogP contribution in [0.25, 0.3) is 0 Å². The number of nitrogens with one attached hydrogen (secondary N) is 1. The van der Waals surface area contributed by atoms with E-state index in [2.05, 4.69) is 20.9 Å². The van der Waals surface area contributed by atoms with Crippen molar-refractivity contribution in [2.24, 2.45) is 4.99 Å². The summed E-state index contributed by atoms with van der Waals surface area (Å²) in [5.74, 6) is 0.658. The number of ether oxygens (including phenoxy) is 1. The number of amidine groups is 1. The van der Waals surface area contributed by atoms with Crippen LogP contribution in [0.3, 0.4) is 0 Å². The van der Waals surface area contributed by atoms with Crippen LogP contribution < -0.4 is 4.74 Å². The SMILES string of the molecule is N=C(Cl)/N=C\C(Br)=C/CCOc1cccc(C=O)c1. The zero-order chi connectivity index (χ0) is 14.1. The number of benzene rings is 1. The summed E-state index contributed by atoms with van der Waals surface area (Å²) in [6.07, 6.45) is 4.74. The number of rotatable bonds is 6. The second-order valence-corrected chi connectivity index (χ2v) is 4.74. The summed E-state index contributed by atoms with van der Waals surface area (Å²) in [6.45, 7) is 0.476. The van der Waals surface area contributed by atoms with Crippen LogP contribution in [-0.4, -0.2) is 24.4 Å². The minimum absolute atomic E-state index is 0.271. The molecule has 0 aliphatic carbocycles. The van der Waals surface area contributed by atoms with Crippen LogP contribution in [0, 0.1) is 5.41 Å². The molecule has 0 aliphatic rings. The van der Waals surface area contributed by atoms with Gasteiger partial charge in [0.2, 0.25) is 5.29 Å². The number of halogens is 2. The fraction of sp³-hybridized carbons (Fsp3) is 0.154. The number of aliphatic imine (C=N–C) groups is 1. The van der Waals surface area contributed by atoms with Gasteiger partial charge in [0.25, 0.3) is 0 Å². The number of hydrogen-bond donors (Lipinski definition) is 1. The van der Waals surface area contributed by atoms with Gasteiger partial charge in [-0.25, -0.2) is 4.99 Å². The highest BCUT2D eigenvalue weighted by atomic mass is 79.9. The molecule has 0 spiro atoms. The number of hydrogen-bond acceptors (Lipinski definition) is 3. The topological polar surface area (TPSA) is 62.5 Å². The maximum Gasteiger partial charge on any atom is 0.214 e. The fourth-order valence-corrected chi connectivity index (χ4v) is 1.60. The Labute approximate surface area is 124 Å². The highest BCUT2D eigenvalue weighted by Gasteiger charge is 1.95. The summed E-state index contributed by atoms with van der Waals surface area (Å²) in [7, 11) is 0. The Hall–Kier alpha value is -1.46. The van der Waals surface area contributed by atoms with Gasteiger partial charge < -0.3 is 4.74 Å². The van der Waals surface area contributed by atoms with Gasteiger partial charge in [-0.05, 0) is 39.7 Å². The Morgan fingerprint density at radius 2 is 2.32 bits per heavy atom. The highest BCUT2D eigenvalue weighted by Crippen LogP contribution is 2.12. The van der Waals surface area contributed by atoms with Gasteiger partial charge in [-0.3, -0.25) is 10.2 Å². The molecule has 0 saturated heterocycles. The lowest BCUT2D eigenvalue weighted by Gasteiger charge is -2.04. The van der Waals surface area contributed by atoms with Gasteiger partial charge in [-0.15, -0.1) is 0 Å². The molecule has 0 bridgehead atoms. The zero-order valence-corrected chi connectivity index (χ0v) is 12.3. The first-order chi connectivity index (χ1) is 9.11. The van der Waals surface area contributed by atoms with Crippen molar-refractivity contribution >= 4 is 45.3 Å². The summed E-state index contributed by atoms with van der Waals surface area (Å²) >= 11 is 8.55. The summed E-state index contributed by atoms with van der Waals surface area (Å²) in [5, 5.41) is 6.65. The average Bonchev–Trinajstić information content (AvgIpc) is 2.41. The molecule has 1 aromatic rings. The van der Waals surface area contributed by atoms with Crippen molar-refractivity contribution in [3.05, 3.63) is 40.4 Å². The predicted octanol–water partition coefficient (Wildman–Crippen LogP) is 3.79. The molecule has 0 fully saturated rings. The number of aldehydes is 1. The molecule has 4 nitrogen and oxygen atoms in total. The van der Waals surface area contributed by atoms with Gasteiger partial charge in [0.1, 0.15) is 12.0 Å². The molecule has 0 aromatic heterocycles. The van der Waals surface area contributed by atoms with Crippen LogP contribution in [0.4, 0.5) is 0 Å². The lowest BCUT2D eigenvalue weighted by atomic mass is 10.2. The minimum atomic E-state index is -0.271. The van der Waals surface area contributed by atoms with E-state index in [1.165, 1.54) is 6.21 Å². The van der Waals surface area contributed by atoms with Crippen molar-refractivity contribution in [3.63, 3.8) is 0 Å². The fourth-order valence-electron chi connectivity index (χ4n) is 1.22. The molecule has 0 radical (unpaired) electrons. The Morgan fingerprint density at radius 3 is 3.00 bits per heavy atom. The van der Waals surface area contributed by atoms with Gasteiger partial charge in [0.05, 0.1) is 6.61 Å². The zero-order valence-electron chi connectivity index (χ0n) is 9.98. The molecule has 0 aliphatic heterocycles. The van der Waals surface area contributed by atoms with Gasteiger partial charge in [0.15, 0.2) is 0 Å². The Morgan fingerprint density at radius 1 is 1.53 bits per heavy atom. The van der Waals surface area contributed by atoms with E-state index in [0.29, 0.717) is 24.3 Å². The Bertz CT molecular complexity index is 515. The molecule has 0 saturated carbocycles. The van der Waals surface area contributed by atoms with Crippen LogP contribution >= 0.6 is 27.5 Å². The maximum atomic E-state index is 10.6. The molecule has 0 heterocycles. The van der Waals surface area contributed by atoms with Crippen LogP contribution in [0.15, 0.2) is 39.8 Å². The molecule has 6 heteroatoms. The quantitative estimate of drug-likeness (QED) is 0.281. The number of allylic oxidation sites excluding steroid dienone is 1. The third kappa shape index (κ3) is 6.88. The molecule has 0 amide bonds. The summed E-state index contributed by atoms with van der Waals surface area (Å²) in [5.41, 5.74) is 0.585. The van der Waals surface area contributed by atoms with E-state index in [1.54, 1.807) is 24.3 Å². The predicted molar refractivity (Wildman–Crippen MR) is 81.0 cm³/mol. The minimum Gasteiger partial charge on any atom is -0.493 e. The van der Waals surface area contributed by atoms with Crippen LogP contribution in [-0.2, 0) is 0 Å². The Kier molecular flexibility index (Phi) is 7.07. The molecular weight excluding hydrogens is 332 g/mol. The van der Waals surface area contributed by atoms with E-state index in [1.807, 2.05) is 6.08 Å². The molecular formula is C13H12BrClN2O2. The van der Waals surface area contributed by atoms with E-state index >= 15 is 0 Å². The average molecular weight is 344 g/mol. The summed E-state index contributed by atoms with van der Waals surface area (Å²) in [4.78, 5) is 14.2. The lowest BCUT2D eigenvalue weighted by Crippen LogP contribution is -1.96. The van der Waals surface area contributed by atoms with E-state index in [4.69, 9.17) is 21.7 Å². The lowest BCUT2D eigenvalue weighted by molar-refractivity contribution is 0.112. The molecule has 1 N–H and O–H groups in total. The van der Waals surface area contributed by atoms with E-state index in [9.17, 15) is 4.79 Å².